The number of alkyl halides is 3. The zero-order valence-electron chi connectivity index (χ0n) is 80.9. The summed E-state index contributed by atoms with van der Waals surface area (Å²) in [6.45, 7) is 60.2. The van der Waals surface area contributed by atoms with Gasteiger partial charge in [-0.15, -0.1) is 45.3 Å². The molecule has 0 spiro atoms. The molecule has 20 heteroatoms. The monoisotopic (exact) mass is 1820 g/mol. The summed E-state index contributed by atoms with van der Waals surface area (Å²) >= 11 is 7.29. The quantitative estimate of drug-likeness (QED) is 0.0189. The molecule has 0 aliphatic heterocycles. The highest BCUT2D eigenvalue weighted by Crippen LogP contribution is 2.50. The van der Waals surface area contributed by atoms with Crippen LogP contribution in [0.4, 0.5) is 13.2 Å². The Labute approximate surface area is 765 Å². The first-order chi connectivity index (χ1) is 57.9. The van der Waals surface area contributed by atoms with Crippen molar-refractivity contribution in [3.05, 3.63) is 214 Å². The molecule has 1 atom stereocenters. The van der Waals surface area contributed by atoms with E-state index < -0.39 is 27.0 Å². The third kappa shape index (κ3) is 27.7. The first kappa shape index (κ1) is 108. The van der Waals surface area contributed by atoms with Crippen LogP contribution in [0.15, 0.2) is 97.1 Å². The van der Waals surface area contributed by atoms with Crippen molar-refractivity contribution in [2.45, 2.75) is 362 Å². The number of phenols is 1. The smallest absolute Gasteiger partial charge is 0.508 e. The van der Waals surface area contributed by atoms with Crippen LogP contribution in [-0.4, -0.2) is 71.2 Å². The normalized spacial score (nSPS) is 12.8. The molecule has 3 N–H and O–H groups in total. The van der Waals surface area contributed by atoms with Crippen molar-refractivity contribution in [1.82, 2.24) is 0 Å². The van der Waals surface area contributed by atoms with Gasteiger partial charge in [-0.3, -0.25) is 24.0 Å². The van der Waals surface area contributed by atoms with Crippen LogP contribution in [0, 0.1) is 77.0 Å². The van der Waals surface area contributed by atoms with Gasteiger partial charge in [0.1, 0.15) is 28.8 Å². The average molecular weight is 1820 g/mol. The highest BCUT2D eigenvalue weighted by molar-refractivity contribution is 7.88. The van der Waals surface area contributed by atoms with Gasteiger partial charge in [-0.05, 0) is 278 Å². The van der Waals surface area contributed by atoms with Crippen LogP contribution < -0.4 is 4.18 Å². The molecule has 8 aromatic rings. The fraction of sp³-hybridized carbons (Fsp3) is 0.571. The Hall–Kier alpha value is -7.07. The van der Waals surface area contributed by atoms with Gasteiger partial charge < -0.3 is 24.2 Å². The molecule has 4 aromatic carbocycles. The van der Waals surface area contributed by atoms with Crippen molar-refractivity contribution in [2.75, 3.05) is 6.61 Å². The summed E-state index contributed by atoms with van der Waals surface area (Å²) in [5.41, 5.74) is 8.74. The van der Waals surface area contributed by atoms with Crippen LogP contribution in [0.2, 0.25) is 0 Å². The number of benzene rings is 4. The Morgan fingerprint density at radius 1 is 0.384 bits per heavy atom. The highest BCUT2D eigenvalue weighted by atomic mass is 32.2. The third-order valence-electron chi connectivity index (χ3n) is 26.0. The number of carboxylic acid groups (broad SMARTS) is 1. The lowest BCUT2D eigenvalue weighted by molar-refractivity contribution is -0.143. The Morgan fingerprint density at radius 3 is 0.952 bits per heavy atom. The summed E-state index contributed by atoms with van der Waals surface area (Å²) < 4.78 is 70.5. The van der Waals surface area contributed by atoms with Crippen LogP contribution in [0.5, 0.6) is 11.5 Å². The van der Waals surface area contributed by atoms with Crippen LogP contribution >= 0.6 is 45.3 Å². The van der Waals surface area contributed by atoms with Crippen LogP contribution in [-0.2, 0) is 99.0 Å². The van der Waals surface area contributed by atoms with E-state index in [0.29, 0.717) is 74.4 Å². The number of aromatic hydroxyl groups is 1. The number of esters is 1. The number of hydrogen-bond acceptors (Lipinski definition) is 15. The fourth-order valence-electron chi connectivity index (χ4n) is 16.5. The first-order valence-electron chi connectivity index (χ1n) is 45.1. The van der Waals surface area contributed by atoms with E-state index in [0.717, 1.165) is 109 Å². The predicted molar refractivity (Wildman–Crippen MR) is 517 cm³/mol. The summed E-state index contributed by atoms with van der Waals surface area (Å²) in [5, 5.41) is 29.4. The Morgan fingerprint density at radius 2 is 0.680 bits per heavy atom. The number of aliphatic hydroxyl groups is 1. The number of aliphatic hydroxyl groups excluding tert-OH is 1. The number of Topliss-reactive ketones (excluding diaryl/α,β-unsaturated/α-hetero) is 3. The van der Waals surface area contributed by atoms with E-state index >= 15 is 0 Å². The third-order valence-corrected chi connectivity index (χ3v) is 32.9. The maximum absolute atomic E-state index is 12.7. The lowest BCUT2D eigenvalue weighted by atomic mass is 9.73. The number of aryl methyl sites for hydroxylation is 14. The molecular weight excluding hydrogens is 1670 g/mol. The summed E-state index contributed by atoms with van der Waals surface area (Å²) in [6.07, 6.45) is 14.8. The van der Waals surface area contributed by atoms with Crippen molar-refractivity contribution in [2.24, 2.45) is 21.7 Å². The number of halogens is 3. The highest BCUT2D eigenvalue weighted by Gasteiger charge is 2.49. The van der Waals surface area contributed by atoms with Gasteiger partial charge in [-0.1, -0.05) is 199 Å². The van der Waals surface area contributed by atoms with Gasteiger partial charge in [0.2, 0.25) is 0 Å². The molecule has 0 fully saturated rings. The molecule has 0 amide bonds. The van der Waals surface area contributed by atoms with Gasteiger partial charge >= 0.3 is 27.6 Å². The minimum absolute atomic E-state index is 0.0353. The van der Waals surface area contributed by atoms with E-state index in [2.05, 4.69) is 188 Å². The second-order valence-corrected chi connectivity index (χ2v) is 44.5. The molecule has 8 rings (SSSR count). The lowest BCUT2D eigenvalue weighted by Gasteiger charge is -2.32. The summed E-state index contributed by atoms with van der Waals surface area (Å²) in [6, 6.07) is 33.1. The molecule has 692 valence electrons. The number of ketones is 3. The van der Waals surface area contributed by atoms with Crippen LogP contribution in [0.1, 0.15) is 352 Å². The molecule has 0 radical (unpaired) electrons. The van der Waals surface area contributed by atoms with Crippen molar-refractivity contribution in [3.63, 3.8) is 0 Å². The second kappa shape index (κ2) is 45.5. The summed E-state index contributed by atoms with van der Waals surface area (Å²) in [7, 11) is -5.74. The number of hydrogen-bond donors (Lipinski definition) is 3. The molecule has 4 heterocycles. The van der Waals surface area contributed by atoms with Gasteiger partial charge in [0.15, 0.2) is 0 Å². The molecule has 125 heavy (non-hydrogen) atoms. The predicted octanol–water partition coefficient (Wildman–Crippen LogP) is 28.3. The molecule has 0 aliphatic rings. The molecule has 0 saturated carbocycles. The molecule has 0 bridgehead atoms. The van der Waals surface area contributed by atoms with Gasteiger partial charge in [-0.25, -0.2) is 0 Å². The van der Waals surface area contributed by atoms with Crippen molar-refractivity contribution in [1.29, 1.82) is 0 Å². The Kier molecular flexibility index (Phi) is 39.4. The van der Waals surface area contributed by atoms with Gasteiger partial charge in [0, 0.05) is 109 Å². The molecule has 12 nitrogen and oxygen atoms in total. The SMILES string of the molecule is CCC(CC)(c1ccc(CCC(=O)O)c(C)c1)c1cc(C)c(CCC(O)C(C)(C)C)s1.CCC(CC)(c1ccc(O)c(C)c1)c1cc(C)c(CCC(=O)C(C)(C)C)s1.CCC(CC)(c1ccc(OS(=O)(=O)C(F)(F)F)c(C)c1)c1cc(C)c(CCC(=O)C(C)(C)C)s1.CCOC(=O)CCc1ccc(C(CC)(CC)c2cc(C)c(CCC(=O)C(C)(C)C)s2)cc1C. The molecular formula is C105H149F3O12S5. The minimum atomic E-state index is -5.74. The summed E-state index contributed by atoms with van der Waals surface area (Å²) in [4.78, 5) is 70.4. The van der Waals surface area contributed by atoms with Gasteiger partial charge in [0.05, 0.1) is 12.7 Å². The van der Waals surface area contributed by atoms with Crippen molar-refractivity contribution < 1.29 is 69.8 Å². The first-order valence-corrected chi connectivity index (χ1v) is 49.8. The number of carbonyl (C=O) groups is 5. The fourth-order valence-corrected chi connectivity index (χ4v) is 23.2. The number of thiophene rings is 4. The Bertz CT molecular complexity index is 5030. The zero-order chi connectivity index (χ0) is 94.7. The van der Waals surface area contributed by atoms with Crippen LogP contribution in [0.3, 0.4) is 0 Å². The summed E-state index contributed by atoms with van der Waals surface area (Å²) in [5.74, 6) is -0.0258. The Balaban J connectivity index is 0.000000297. The zero-order valence-corrected chi connectivity index (χ0v) is 84.9. The van der Waals surface area contributed by atoms with E-state index in [-0.39, 0.29) is 67.9 Å². The van der Waals surface area contributed by atoms with Crippen molar-refractivity contribution in [3.8, 4) is 11.5 Å². The van der Waals surface area contributed by atoms with Crippen LogP contribution in [0.25, 0.3) is 0 Å². The number of phenolic OH excluding ortho intramolecular Hbond substituents is 1. The number of carbonyl (C=O) groups excluding carboxylic acids is 4. The maximum atomic E-state index is 12.7. The maximum Gasteiger partial charge on any atom is 0.534 e. The van der Waals surface area contributed by atoms with E-state index in [9.17, 15) is 55.8 Å². The van der Waals surface area contributed by atoms with E-state index in [1.165, 1.54) is 92.3 Å². The van der Waals surface area contributed by atoms with Gasteiger partial charge in [-0.2, -0.15) is 21.6 Å². The molecule has 0 saturated heterocycles. The second-order valence-electron chi connectivity index (χ2n) is 38.4. The largest absolute Gasteiger partial charge is 0.534 e. The number of rotatable bonds is 37. The van der Waals surface area contributed by atoms with E-state index in [4.69, 9.17) is 9.84 Å². The number of aliphatic carboxylic acids is 1. The van der Waals surface area contributed by atoms with E-state index in [1.807, 2.05) is 123 Å². The topological polar surface area (TPSA) is 199 Å². The average Bonchev–Trinajstić information content (AvgIpc) is 1.71. The minimum Gasteiger partial charge on any atom is -0.508 e. The lowest BCUT2D eigenvalue weighted by Crippen LogP contribution is -2.28. The van der Waals surface area contributed by atoms with Gasteiger partial charge in [0.25, 0.3) is 0 Å². The number of ether oxygens (including phenoxy) is 1. The molecule has 0 aliphatic carbocycles. The van der Waals surface area contributed by atoms with E-state index in [1.54, 1.807) is 23.5 Å². The molecule has 1 unspecified atom stereocenters. The number of carboxylic acids is 1. The van der Waals surface area contributed by atoms with Crippen molar-refractivity contribution >= 4 is 84.8 Å². The standard InChI is InChI=1S/C29H42O3S.C27H40O3S.C25H33F3O4S2.C24H34O2S/c1-9-29(10-2,23-14-12-22(20(4)18-23)13-17-27(31)32-11-3)26-19-21(5)24(33-26)15-16-25(30)28(6,7)8;1-8-27(9-2,21-12-10-20(18(3)16-21)11-15-25(29)30)24-17-19(4)22(31-24)13-14-23(28)26(5,6)7;1-8-24(9-2,22-15-17(4)20(33-22)12-13-21(29)23(5,6)7)18-10-11-19(16(3)14-18)32-34(30,31)25(26,27)28;1-8-24(9-2,18-10-11-19(25)16(3)14-18)22-15-17(4)20(27-22)12-13-21(26)23(5,6)7/h12,14,18-19H,9-11,13,15-17H2,1-8H3;10,12,16-17,23,28H,8-9,11,13-15H2,1-7H3,(H,29,30);10-11,14-15H,8-9,12-13H2,1-7H3;10-11,14-15,25H,8-9,12-13H2,1-7H3. The molecule has 4 aromatic heterocycles.